The predicted molar refractivity (Wildman–Crippen MR) is 86.8 cm³/mol. The summed E-state index contributed by atoms with van der Waals surface area (Å²) in [5.74, 6) is 0. The molecule has 0 spiro atoms. The second kappa shape index (κ2) is 5.95. The highest BCUT2D eigenvalue weighted by atomic mass is 35.5. The van der Waals surface area contributed by atoms with E-state index >= 15 is 0 Å². The number of nitrogens with zero attached hydrogens (tertiary/aromatic N) is 2. The smallest absolute Gasteiger partial charge is 0.0642 e. The maximum atomic E-state index is 6.51. The summed E-state index contributed by atoms with van der Waals surface area (Å²) in [4.78, 5) is 5.27. The molecule has 2 aliphatic rings. The Kier molecular flexibility index (Phi) is 4.23. The predicted octanol–water partition coefficient (Wildman–Crippen LogP) is 4.10. The van der Waals surface area contributed by atoms with E-state index in [2.05, 4.69) is 41.8 Å². The van der Waals surface area contributed by atoms with Crippen molar-refractivity contribution in [1.29, 1.82) is 0 Å². The lowest BCUT2D eigenvalue weighted by Crippen LogP contribution is -2.59. The quantitative estimate of drug-likeness (QED) is 0.810. The number of aryl methyl sites for hydroxylation is 1. The van der Waals surface area contributed by atoms with E-state index in [1.165, 1.54) is 50.0 Å². The molecule has 3 rings (SSSR count). The van der Waals surface area contributed by atoms with Gasteiger partial charge >= 0.3 is 0 Å². The molecule has 110 valence electrons. The topological polar surface area (TPSA) is 6.48 Å². The summed E-state index contributed by atoms with van der Waals surface area (Å²) in [5, 5.41) is 0.910. The molecule has 0 radical (unpaired) electrons. The van der Waals surface area contributed by atoms with Crippen molar-refractivity contribution in [3.8, 4) is 0 Å². The zero-order valence-electron chi connectivity index (χ0n) is 12.6. The third-order valence-electron chi connectivity index (χ3n) is 4.93. The fourth-order valence-electron chi connectivity index (χ4n) is 3.74. The molecular formula is C17H25ClN2. The molecule has 0 saturated carbocycles. The number of benzene rings is 1. The van der Waals surface area contributed by atoms with Crippen molar-refractivity contribution in [3.05, 3.63) is 28.8 Å². The van der Waals surface area contributed by atoms with E-state index in [0.717, 1.165) is 17.6 Å². The van der Waals surface area contributed by atoms with Gasteiger partial charge in [0, 0.05) is 25.2 Å². The molecule has 2 heterocycles. The SMILES string of the molecule is CCC1CN2CCCCC2CN1c1ccc(C)cc1Cl. The minimum absolute atomic E-state index is 0.601. The second-order valence-electron chi connectivity index (χ2n) is 6.31. The number of fused-ring (bicyclic) bond motifs is 1. The van der Waals surface area contributed by atoms with Gasteiger partial charge in [0.1, 0.15) is 0 Å². The van der Waals surface area contributed by atoms with Crippen LogP contribution in [0.5, 0.6) is 0 Å². The number of piperazine rings is 1. The van der Waals surface area contributed by atoms with Crippen molar-refractivity contribution in [2.45, 2.75) is 51.6 Å². The zero-order valence-corrected chi connectivity index (χ0v) is 13.4. The Hall–Kier alpha value is -0.730. The average molecular weight is 293 g/mol. The van der Waals surface area contributed by atoms with Crippen molar-refractivity contribution in [1.82, 2.24) is 4.90 Å². The molecule has 20 heavy (non-hydrogen) atoms. The van der Waals surface area contributed by atoms with Gasteiger partial charge in [-0.25, -0.2) is 0 Å². The molecule has 0 N–H and O–H groups in total. The summed E-state index contributed by atoms with van der Waals surface area (Å²) < 4.78 is 0. The van der Waals surface area contributed by atoms with Crippen molar-refractivity contribution >= 4 is 17.3 Å². The molecule has 2 aliphatic heterocycles. The lowest BCUT2D eigenvalue weighted by molar-refractivity contribution is 0.111. The van der Waals surface area contributed by atoms with Gasteiger partial charge in [-0.2, -0.15) is 0 Å². The van der Waals surface area contributed by atoms with Gasteiger partial charge in [0.05, 0.1) is 10.7 Å². The van der Waals surface area contributed by atoms with Gasteiger partial charge in [0.2, 0.25) is 0 Å². The van der Waals surface area contributed by atoms with Crippen LogP contribution in [-0.4, -0.2) is 36.6 Å². The summed E-state index contributed by atoms with van der Waals surface area (Å²) in [6.45, 7) is 8.03. The Morgan fingerprint density at radius 3 is 2.85 bits per heavy atom. The minimum atomic E-state index is 0.601. The maximum absolute atomic E-state index is 6.51. The highest BCUT2D eigenvalue weighted by Gasteiger charge is 2.34. The highest BCUT2D eigenvalue weighted by Crippen LogP contribution is 2.33. The molecule has 3 heteroatoms. The fraction of sp³-hybridized carbons (Fsp3) is 0.647. The molecule has 0 aliphatic carbocycles. The Morgan fingerprint density at radius 1 is 1.25 bits per heavy atom. The first kappa shape index (κ1) is 14.2. The minimum Gasteiger partial charge on any atom is -0.364 e. The molecule has 1 aromatic rings. The largest absolute Gasteiger partial charge is 0.364 e. The second-order valence-corrected chi connectivity index (χ2v) is 6.72. The summed E-state index contributed by atoms with van der Waals surface area (Å²) >= 11 is 6.51. The van der Waals surface area contributed by atoms with Gasteiger partial charge in [-0.1, -0.05) is 31.0 Å². The van der Waals surface area contributed by atoms with Crippen LogP contribution in [0.2, 0.25) is 5.02 Å². The third-order valence-corrected chi connectivity index (χ3v) is 5.23. The first-order valence-electron chi connectivity index (χ1n) is 7.96. The Bertz CT molecular complexity index is 474. The summed E-state index contributed by atoms with van der Waals surface area (Å²) in [6.07, 6.45) is 5.29. The van der Waals surface area contributed by atoms with Crippen LogP contribution < -0.4 is 4.90 Å². The molecule has 2 unspecified atom stereocenters. The van der Waals surface area contributed by atoms with Gasteiger partial charge in [-0.15, -0.1) is 0 Å². The number of anilines is 1. The normalized spacial score (nSPS) is 27.4. The molecule has 1 aromatic carbocycles. The van der Waals surface area contributed by atoms with Crippen molar-refractivity contribution in [2.75, 3.05) is 24.5 Å². The third kappa shape index (κ3) is 2.68. The highest BCUT2D eigenvalue weighted by molar-refractivity contribution is 6.33. The van der Waals surface area contributed by atoms with E-state index in [1.807, 2.05) is 0 Å². The van der Waals surface area contributed by atoms with Gasteiger partial charge in [0.25, 0.3) is 0 Å². The lowest BCUT2D eigenvalue weighted by atomic mass is 9.95. The number of hydrogen-bond donors (Lipinski definition) is 0. The van der Waals surface area contributed by atoms with Crippen LogP contribution in [0.3, 0.4) is 0 Å². The molecule has 0 bridgehead atoms. The lowest BCUT2D eigenvalue weighted by Gasteiger charge is -2.49. The number of piperidine rings is 1. The molecule has 2 nitrogen and oxygen atoms in total. The summed E-state index contributed by atoms with van der Waals surface area (Å²) in [7, 11) is 0. The fourth-order valence-corrected chi connectivity index (χ4v) is 4.09. The van der Waals surface area contributed by atoms with Crippen LogP contribution in [0.1, 0.15) is 38.2 Å². The van der Waals surface area contributed by atoms with E-state index < -0.39 is 0 Å². The van der Waals surface area contributed by atoms with Crippen LogP contribution >= 0.6 is 11.6 Å². The number of hydrogen-bond acceptors (Lipinski definition) is 2. The van der Waals surface area contributed by atoms with Crippen molar-refractivity contribution < 1.29 is 0 Å². The first-order chi connectivity index (χ1) is 9.69. The molecule has 2 atom stereocenters. The van der Waals surface area contributed by atoms with E-state index in [9.17, 15) is 0 Å². The van der Waals surface area contributed by atoms with Crippen molar-refractivity contribution in [3.63, 3.8) is 0 Å². The summed E-state index contributed by atoms with van der Waals surface area (Å²) in [5.41, 5.74) is 2.47. The molecule has 0 aromatic heterocycles. The van der Waals surface area contributed by atoms with Gasteiger partial charge in [-0.3, -0.25) is 4.90 Å². The molecule has 0 amide bonds. The Labute approximate surface area is 127 Å². The van der Waals surface area contributed by atoms with Crippen molar-refractivity contribution in [2.24, 2.45) is 0 Å². The standard InChI is InChI=1S/C17H25ClN2/c1-3-14-11-19-9-5-4-6-15(19)12-20(14)17-8-7-13(2)10-16(17)18/h7-8,10,14-15H,3-6,9,11-12H2,1-2H3. The zero-order chi connectivity index (χ0) is 14.1. The monoisotopic (exact) mass is 292 g/mol. The van der Waals surface area contributed by atoms with E-state index in [1.54, 1.807) is 0 Å². The van der Waals surface area contributed by atoms with Crippen LogP contribution in [-0.2, 0) is 0 Å². The Morgan fingerprint density at radius 2 is 2.10 bits per heavy atom. The van der Waals surface area contributed by atoms with E-state index in [4.69, 9.17) is 11.6 Å². The molecular weight excluding hydrogens is 268 g/mol. The van der Waals surface area contributed by atoms with Crippen LogP contribution in [0.15, 0.2) is 18.2 Å². The average Bonchev–Trinajstić information content (AvgIpc) is 2.46. The van der Waals surface area contributed by atoms with Gasteiger partial charge < -0.3 is 4.90 Å². The van der Waals surface area contributed by atoms with Crippen LogP contribution in [0.4, 0.5) is 5.69 Å². The van der Waals surface area contributed by atoms with Crippen LogP contribution in [0, 0.1) is 6.92 Å². The van der Waals surface area contributed by atoms with Crippen LogP contribution in [0.25, 0.3) is 0 Å². The van der Waals surface area contributed by atoms with Gasteiger partial charge in [-0.05, 0) is 50.4 Å². The van der Waals surface area contributed by atoms with E-state index in [-0.39, 0.29) is 0 Å². The molecule has 2 saturated heterocycles. The summed E-state index contributed by atoms with van der Waals surface area (Å²) in [6, 6.07) is 7.81. The Balaban J connectivity index is 1.86. The number of halogens is 1. The molecule has 2 fully saturated rings. The van der Waals surface area contributed by atoms with E-state index in [0.29, 0.717) is 6.04 Å². The van der Waals surface area contributed by atoms with Gasteiger partial charge in [0.15, 0.2) is 0 Å². The number of rotatable bonds is 2. The maximum Gasteiger partial charge on any atom is 0.0642 e. The first-order valence-corrected chi connectivity index (χ1v) is 8.33.